The molecule has 0 bridgehead atoms. The van der Waals surface area contributed by atoms with E-state index in [-0.39, 0.29) is 17.4 Å². The first-order valence-electron chi connectivity index (χ1n) is 9.71. The molecular formula is C24H21N3O3S. The van der Waals surface area contributed by atoms with E-state index in [0.717, 1.165) is 27.8 Å². The third kappa shape index (κ3) is 4.31. The lowest BCUT2D eigenvalue weighted by atomic mass is 9.91. The molecule has 0 spiro atoms. The van der Waals surface area contributed by atoms with Gasteiger partial charge in [-0.1, -0.05) is 30.3 Å². The Morgan fingerprint density at radius 1 is 1.03 bits per heavy atom. The van der Waals surface area contributed by atoms with E-state index in [1.54, 1.807) is 7.11 Å². The zero-order chi connectivity index (χ0) is 21.8. The largest absolute Gasteiger partial charge is 0.497 e. The van der Waals surface area contributed by atoms with Gasteiger partial charge in [0.25, 0.3) is 0 Å². The third-order valence-electron chi connectivity index (χ3n) is 5.29. The molecule has 1 atom stereocenters. The van der Waals surface area contributed by atoms with E-state index < -0.39 is 10.0 Å². The quantitative estimate of drug-likeness (QED) is 0.459. The van der Waals surface area contributed by atoms with Crippen molar-refractivity contribution in [1.82, 2.24) is 9.71 Å². The van der Waals surface area contributed by atoms with Crippen LogP contribution in [-0.2, 0) is 10.0 Å². The van der Waals surface area contributed by atoms with Gasteiger partial charge in [0.1, 0.15) is 5.75 Å². The Balaban J connectivity index is 1.68. The normalized spacial score (nSPS) is 12.4. The number of rotatable bonds is 7. The van der Waals surface area contributed by atoms with E-state index in [2.05, 4.69) is 9.71 Å². The van der Waals surface area contributed by atoms with E-state index in [4.69, 9.17) is 10.00 Å². The van der Waals surface area contributed by atoms with Crippen molar-refractivity contribution in [1.29, 1.82) is 5.26 Å². The van der Waals surface area contributed by atoms with Gasteiger partial charge in [0.05, 0.1) is 23.6 Å². The number of fused-ring (bicyclic) bond motifs is 1. The first-order chi connectivity index (χ1) is 15.0. The van der Waals surface area contributed by atoms with Gasteiger partial charge in [-0.2, -0.15) is 5.26 Å². The molecule has 1 unspecified atom stereocenters. The first-order valence-corrected chi connectivity index (χ1v) is 11.2. The Kier molecular flexibility index (Phi) is 5.76. The van der Waals surface area contributed by atoms with E-state index in [1.165, 1.54) is 24.3 Å². The van der Waals surface area contributed by atoms with Crippen molar-refractivity contribution in [3.05, 3.63) is 95.7 Å². The summed E-state index contributed by atoms with van der Waals surface area (Å²) >= 11 is 0. The van der Waals surface area contributed by atoms with Crippen LogP contribution in [0.1, 0.15) is 22.6 Å². The van der Waals surface area contributed by atoms with Gasteiger partial charge in [-0.05, 0) is 53.6 Å². The van der Waals surface area contributed by atoms with Crippen molar-refractivity contribution in [3.63, 3.8) is 0 Å². The van der Waals surface area contributed by atoms with Gasteiger partial charge in [0.2, 0.25) is 10.0 Å². The molecule has 0 radical (unpaired) electrons. The smallest absolute Gasteiger partial charge is 0.240 e. The molecule has 4 rings (SSSR count). The number of H-pyrrole nitrogens is 1. The molecule has 3 aromatic carbocycles. The first kappa shape index (κ1) is 20.7. The Bertz CT molecular complexity index is 1340. The molecule has 6 nitrogen and oxygen atoms in total. The molecule has 1 aromatic heterocycles. The van der Waals surface area contributed by atoms with Crippen LogP contribution in [0, 0.1) is 11.3 Å². The average molecular weight is 432 g/mol. The SMILES string of the molecule is COc1ccc(C(CNS(=O)(=O)c2ccc(C#N)cc2)c2c[nH]c3ccccc23)cc1. The Morgan fingerprint density at radius 2 is 1.74 bits per heavy atom. The minimum atomic E-state index is -3.74. The lowest BCUT2D eigenvalue weighted by molar-refractivity contribution is 0.414. The summed E-state index contributed by atoms with van der Waals surface area (Å²) in [5, 5.41) is 9.98. The van der Waals surface area contributed by atoms with E-state index in [9.17, 15) is 8.42 Å². The Labute approximate surface area is 181 Å². The van der Waals surface area contributed by atoms with Crippen molar-refractivity contribution in [2.75, 3.05) is 13.7 Å². The van der Waals surface area contributed by atoms with Crippen LogP contribution in [-0.4, -0.2) is 27.1 Å². The molecule has 7 heteroatoms. The monoisotopic (exact) mass is 431 g/mol. The molecule has 0 aliphatic heterocycles. The Morgan fingerprint density at radius 3 is 2.42 bits per heavy atom. The number of para-hydroxylation sites is 1. The molecule has 0 saturated heterocycles. The lowest BCUT2D eigenvalue weighted by Gasteiger charge is -2.19. The highest BCUT2D eigenvalue weighted by molar-refractivity contribution is 7.89. The summed E-state index contributed by atoms with van der Waals surface area (Å²) in [5.74, 6) is 0.523. The van der Waals surface area contributed by atoms with E-state index >= 15 is 0 Å². The summed E-state index contributed by atoms with van der Waals surface area (Å²) in [5.41, 5.74) is 3.37. The number of benzene rings is 3. The summed E-state index contributed by atoms with van der Waals surface area (Å²) in [6, 6.07) is 23.4. The molecule has 4 aromatic rings. The van der Waals surface area contributed by atoms with Gasteiger partial charge in [-0.25, -0.2) is 13.1 Å². The van der Waals surface area contributed by atoms with E-state index in [0.29, 0.717) is 5.56 Å². The highest BCUT2D eigenvalue weighted by atomic mass is 32.2. The van der Waals surface area contributed by atoms with Crippen molar-refractivity contribution < 1.29 is 13.2 Å². The van der Waals surface area contributed by atoms with Gasteiger partial charge in [-0.15, -0.1) is 0 Å². The van der Waals surface area contributed by atoms with Crippen molar-refractivity contribution in [2.24, 2.45) is 0 Å². The number of aromatic nitrogens is 1. The maximum atomic E-state index is 12.9. The number of nitriles is 1. The van der Waals surface area contributed by atoms with Gasteiger partial charge >= 0.3 is 0 Å². The number of hydrogen-bond donors (Lipinski definition) is 2. The molecule has 0 saturated carbocycles. The minimum Gasteiger partial charge on any atom is -0.497 e. The van der Waals surface area contributed by atoms with Crippen LogP contribution < -0.4 is 9.46 Å². The molecule has 1 heterocycles. The van der Waals surface area contributed by atoms with Gasteiger partial charge in [0, 0.05) is 29.6 Å². The van der Waals surface area contributed by atoms with Crippen molar-refractivity contribution >= 4 is 20.9 Å². The number of sulfonamides is 1. The van der Waals surface area contributed by atoms with Crippen LogP contribution in [0.15, 0.2) is 83.9 Å². The molecule has 0 amide bonds. The highest BCUT2D eigenvalue weighted by Gasteiger charge is 2.22. The third-order valence-corrected chi connectivity index (χ3v) is 6.73. The van der Waals surface area contributed by atoms with Crippen LogP contribution in [0.3, 0.4) is 0 Å². The van der Waals surface area contributed by atoms with Crippen molar-refractivity contribution in [2.45, 2.75) is 10.8 Å². The van der Waals surface area contributed by atoms with Gasteiger partial charge in [0.15, 0.2) is 0 Å². The van der Waals surface area contributed by atoms with E-state index in [1.807, 2.05) is 60.8 Å². The number of aromatic amines is 1. The summed E-state index contributed by atoms with van der Waals surface area (Å²) < 4.78 is 33.8. The molecule has 0 aliphatic carbocycles. The fourth-order valence-electron chi connectivity index (χ4n) is 3.61. The molecule has 0 aliphatic rings. The maximum Gasteiger partial charge on any atom is 0.240 e. The average Bonchev–Trinajstić information content (AvgIpc) is 3.23. The number of nitrogens with zero attached hydrogens (tertiary/aromatic N) is 1. The molecule has 31 heavy (non-hydrogen) atoms. The van der Waals surface area contributed by atoms with Crippen LogP contribution in [0.4, 0.5) is 0 Å². The van der Waals surface area contributed by atoms with Gasteiger partial charge < -0.3 is 9.72 Å². The second kappa shape index (κ2) is 8.64. The highest BCUT2D eigenvalue weighted by Crippen LogP contribution is 2.31. The molecular weight excluding hydrogens is 410 g/mol. The molecule has 2 N–H and O–H groups in total. The number of nitrogens with one attached hydrogen (secondary N) is 2. The van der Waals surface area contributed by atoms with Crippen LogP contribution in [0.25, 0.3) is 10.9 Å². The predicted octanol–water partition coefficient (Wildman–Crippen LogP) is 4.16. The second-order valence-corrected chi connectivity index (χ2v) is 8.87. The molecule has 156 valence electrons. The van der Waals surface area contributed by atoms with Crippen LogP contribution in [0.5, 0.6) is 5.75 Å². The number of methoxy groups -OCH3 is 1. The minimum absolute atomic E-state index is 0.124. The summed E-state index contributed by atoms with van der Waals surface area (Å²) in [6.07, 6.45) is 1.93. The fourth-order valence-corrected chi connectivity index (χ4v) is 4.66. The lowest BCUT2D eigenvalue weighted by Crippen LogP contribution is -2.29. The predicted molar refractivity (Wildman–Crippen MR) is 119 cm³/mol. The summed E-state index contributed by atoms with van der Waals surface area (Å²) in [6.45, 7) is 0.177. The number of hydrogen-bond acceptors (Lipinski definition) is 4. The van der Waals surface area contributed by atoms with Crippen molar-refractivity contribution in [3.8, 4) is 11.8 Å². The van der Waals surface area contributed by atoms with Crippen LogP contribution >= 0.6 is 0 Å². The number of ether oxygens (including phenoxy) is 1. The summed E-state index contributed by atoms with van der Waals surface area (Å²) in [7, 11) is -2.13. The van der Waals surface area contributed by atoms with Gasteiger partial charge in [-0.3, -0.25) is 0 Å². The second-order valence-electron chi connectivity index (χ2n) is 7.10. The zero-order valence-corrected chi connectivity index (χ0v) is 17.7. The zero-order valence-electron chi connectivity index (χ0n) is 16.9. The molecule has 0 fully saturated rings. The standard InChI is InChI=1S/C24H21N3O3S/c1-30-19-10-8-18(9-11-19)22(23-15-26-24-5-3-2-4-21(23)24)16-27-31(28,29)20-12-6-17(14-25)7-13-20/h2-13,15,22,26-27H,16H2,1H3. The fraction of sp³-hybridized carbons (Fsp3) is 0.125. The Hall–Kier alpha value is -3.60. The topological polar surface area (TPSA) is 95.0 Å². The maximum absolute atomic E-state index is 12.9. The summed E-state index contributed by atoms with van der Waals surface area (Å²) in [4.78, 5) is 3.39. The van der Waals surface area contributed by atoms with Crippen LogP contribution in [0.2, 0.25) is 0 Å².